The molecule has 4 aliphatic rings. The maximum Gasteiger partial charge on any atom is 0.416 e. The first-order valence-corrected chi connectivity index (χ1v) is 11.3. The Balaban J connectivity index is 1.22. The number of piperazine rings is 1. The average Bonchev–Trinajstić information content (AvgIpc) is 3.11. The van der Waals surface area contributed by atoms with Crippen LogP contribution in [0.4, 0.5) is 13.2 Å². The quantitative estimate of drug-likeness (QED) is 0.723. The standard InChI is InChI=1S/C23H26F3N5O2/c1-12(13-2-4-15(5-3-13)23(24,25)26)30-17-8-20(22(30)33)29(10-17)11-18(28)21(32)31-16(9-27)6-14-7-19(14)31/h2-5,12,14,16-20H,6-8,10-11,28H2,1H3/t12-,14-,16+,17?,18+,19?,20-/m1/s1. The fourth-order valence-corrected chi connectivity index (χ4v) is 5.92. The van der Waals surface area contributed by atoms with E-state index < -0.39 is 23.8 Å². The van der Waals surface area contributed by atoms with Gasteiger partial charge in [0, 0.05) is 25.2 Å². The van der Waals surface area contributed by atoms with Crippen LogP contribution in [0.1, 0.15) is 43.4 Å². The fourth-order valence-electron chi connectivity index (χ4n) is 5.92. The number of likely N-dealkylation sites (tertiary alicyclic amines) is 3. The van der Waals surface area contributed by atoms with Gasteiger partial charge in [-0.1, -0.05) is 12.1 Å². The zero-order valence-electron chi connectivity index (χ0n) is 18.2. The summed E-state index contributed by atoms with van der Waals surface area (Å²) >= 11 is 0. The molecule has 33 heavy (non-hydrogen) atoms. The van der Waals surface area contributed by atoms with Gasteiger partial charge in [-0.05, 0) is 49.8 Å². The van der Waals surface area contributed by atoms with Crippen molar-refractivity contribution in [2.75, 3.05) is 13.1 Å². The van der Waals surface area contributed by atoms with E-state index >= 15 is 0 Å². The fraction of sp³-hybridized carbons (Fsp3) is 0.609. The van der Waals surface area contributed by atoms with Crippen molar-refractivity contribution in [3.8, 4) is 6.07 Å². The molecule has 3 aliphatic heterocycles. The monoisotopic (exact) mass is 461 g/mol. The average molecular weight is 461 g/mol. The van der Waals surface area contributed by atoms with Gasteiger partial charge < -0.3 is 15.5 Å². The zero-order chi connectivity index (χ0) is 23.7. The normalized spacial score (nSPS) is 32.6. The third-order valence-electron chi connectivity index (χ3n) is 7.71. The molecule has 3 heterocycles. The Morgan fingerprint density at radius 3 is 2.55 bits per heavy atom. The highest BCUT2D eigenvalue weighted by atomic mass is 19.4. The topological polar surface area (TPSA) is 93.7 Å². The number of nitrogens with two attached hydrogens (primary N) is 1. The lowest BCUT2D eigenvalue weighted by atomic mass is 10.0. The molecule has 7 atom stereocenters. The molecule has 2 N–H and O–H groups in total. The van der Waals surface area contributed by atoms with Gasteiger partial charge in [0.25, 0.3) is 0 Å². The predicted octanol–water partition coefficient (Wildman–Crippen LogP) is 1.89. The van der Waals surface area contributed by atoms with Crippen molar-refractivity contribution in [2.24, 2.45) is 11.7 Å². The van der Waals surface area contributed by atoms with Crippen LogP contribution >= 0.6 is 0 Å². The zero-order valence-corrected chi connectivity index (χ0v) is 18.2. The number of piperidine rings is 1. The molecule has 0 aromatic heterocycles. The number of carbonyl (C=O) groups is 2. The minimum Gasteiger partial charge on any atom is -0.330 e. The summed E-state index contributed by atoms with van der Waals surface area (Å²) in [4.78, 5) is 31.4. The number of amides is 2. The van der Waals surface area contributed by atoms with Gasteiger partial charge in [-0.2, -0.15) is 18.4 Å². The molecular formula is C23H26F3N5O2. The predicted molar refractivity (Wildman–Crippen MR) is 111 cm³/mol. The maximum absolute atomic E-state index is 13.1. The Hall–Kier alpha value is -2.64. The van der Waals surface area contributed by atoms with Crippen LogP contribution < -0.4 is 5.73 Å². The minimum absolute atomic E-state index is 0.0754. The second-order valence-electron chi connectivity index (χ2n) is 9.70. The maximum atomic E-state index is 13.1. The number of halogens is 3. The SMILES string of the molecule is C[C@H](c1ccc(C(F)(F)F)cc1)N1C(=O)[C@H]2CC1CN2C[C@H](N)C(=O)N1C2C[C@H]2C[C@H]1C#N. The number of nitriles is 1. The molecule has 10 heteroatoms. The van der Waals surface area contributed by atoms with Gasteiger partial charge in [-0.15, -0.1) is 0 Å². The second kappa shape index (κ2) is 7.71. The van der Waals surface area contributed by atoms with Crippen molar-refractivity contribution in [1.29, 1.82) is 5.26 Å². The number of benzene rings is 1. The molecule has 5 rings (SSSR count). The summed E-state index contributed by atoms with van der Waals surface area (Å²) in [6, 6.07) is 5.23. The number of hydrogen-bond donors (Lipinski definition) is 1. The Kier molecular flexibility index (Phi) is 5.18. The van der Waals surface area contributed by atoms with Gasteiger partial charge >= 0.3 is 6.18 Å². The highest BCUT2D eigenvalue weighted by Crippen LogP contribution is 2.48. The first-order chi connectivity index (χ1) is 15.6. The summed E-state index contributed by atoms with van der Waals surface area (Å²) in [5.41, 5.74) is 6.16. The van der Waals surface area contributed by atoms with Crippen LogP contribution in [0.25, 0.3) is 0 Å². The van der Waals surface area contributed by atoms with Gasteiger partial charge in [-0.3, -0.25) is 14.5 Å². The number of nitrogens with zero attached hydrogens (tertiary/aromatic N) is 4. The number of rotatable bonds is 5. The molecule has 2 bridgehead atoms. The van der Waals surface area contributed by atoms with E-state index in [2.05, 4.69) is 6.07 Å². The van der Waals surface area contributed by atoms with Crippen molar-refractivity contribution in [2.45, 2.75) is 68.6 Å². The van der Waals surface area contributed by atoms with Crippen molar-refractivity contribution in [1.82, 2.24) is 14.7 Å². The van der Waals surface area contributed by atoms with Crippen molar-refractivity contribution in [3.05, 3.63) is 35.4 Å². The largest absolute Gasteiger partial charge is 0.416 e. The lowest BCUT2D eigenvalue weighted by Crippen LogP contribution is -2.57. The summed E-state index contributed by atoms with van der Waals surface area (Å²) in [6.45, 7) is 2.64. The summed E-state index contributed by atoms with van der Waals surface area (Å²) in [5, 5.41) is 9.34. The Bertz CT molecular complexity index is 1010. The first-order valence-electron chi connectivity index (χ1n) is 11.3. The lowest BCUT2D eigenvalue weighted by molar-refractivity contribution is -0.141. The van der Waals surface area contributed by atoms with Crippen LogP contribution in [-0.2, 0) is 15.8 Å². The number of carbonyl (C=O) groups excluding carboxylic acids is 2. The van der Waals surface area contributed by atoms with Crippen molar-refractivity contribution < 1.29 is 22.8 Å². The third-order valence-corrected chi connectivity index (χ3v) is 7.71. The van der Waals surface area contributed by atoms with Gasteiger partial charge in [0.15, 0.2) is 0 Å². The van der Waals surface area contributed by atoms with E-state index in [9.17, 15) is 28.0 Å². The molecule has 1 aromatic carbocycles. The van der Waals surface area contributed by atoms with Crippen LogP contribution in [-0.4, -0.2) is 69.8 Å². The first kappa shape index (κ1) is 22.2. The number of hydrogen-bond acceptors (Lipinski definition) is 5. The molecular weight excluding hydrogens is 435 g/mol. The molecule has 176 valence electrons. The third kappa shape index (κ3) is 3.67. The van der Waals surface area contributed by atoms with Gasteiger partial charge in [0.05, 0.1) is 29.8 Å². The molecule has 7 nitrogen and oxygen atoms in total. The van der Waals surface area contributed by atoms with E-state index in [1.54, 1.807) is 9.80 Å². The molecule has 2 unspecified atom stereocenters. The summed E-state index contributed by atoms with van der Waals surface area (Å²) in [6.07, 6.45) is -2.15. The van der Waals surface area contributed by atoms with Gasteiger partial charge in [0.2, 0.25) is 11.8 Å². The van der Waals surface area contributed by atoms with E-state index in [1.807, 2.05) is 11.8 Å². The van der Waals surface area contributed by atoms with E-state index in [1.165, 1.54) is 12.1 Å². The van der Waals surface area contributed by atoms with E-state index in [4.69, 9.17) is 5.73 Å². The number of fused-ring (bicyclic) bond motifs is 3. The second-order valence-corrected chi connectivity index (χ2v) is 9.70. The number of alkyl halides is 3. The summed E-state index contributed by atoms with van der Waals surface area (Å²) in [7, 11) is 0. The highest BCUT2D eigenvalue weighted by Gasteiger charge is 2.56. The summed E-state index contributed by atoms with van der Waals surface area (Å²) < 4.78 is 38.6. The van der Waals surface area contributed by atoms with E-state index in [0.29, 0.717) is 30.9 Å². The molecule has 0 radical (unpaired) electrons. The Labute approximate surface area is 189 Å². The molecule has 1 aliphatic carbocycles. The minimum atomic E-state index is -4.40. The van der Waals surface area contributed by atoms with Crippen LogP contribution in [0.5, 0.6) is 0 Å². The van der Waals surface area contributed by atoms with Crippen LogP contribution in [0.2, 0.25) is 0 Å². The highest BCUT2D eigenvalue weighted by molar-refractivity contribution is 5.87. The molecule has 3 saturated heterocycles. The van der Waals surface area contributed by atoms with Crippen LogP contribution in [0.3, 0.4) is 0 Å². The van der Waals surface area contributed by atoms with E-state index in [0.717, 1.165) is 18.6 Å². The van der Waals surface area contributed by atoms with Gasteiger partial charge in [-0.25, -0.2) is 0 Å². The molecule has 4 fully saturated rings. The Morgan fingerprint density at radius 2 is 1.94 bits per heavy atom. The molecule has 2 amide bonds. The Morgan fingerprint density at radius 1 is 1.24 bits per heavy atom. The lowest BCUT2D eigenvalue weighted by Gasteiger charge is -2.38. The van der Waals surface area contributed by atoms with Gasteiger partial charge in [0.1, 0.15) is 6.04 Å². The molecule has 1 saturated carbocycles. The summed E-state index contributed by atoms with van der Waals surface area (Å²) in [5.74, 6) is 0.101. The van der Waals surface area contributed by atoms with Crippen LogP contribution in [0, 0.1) is 17.2 Å². The van der Waals surface area contributed by atoms with Crippen molar-refractivity contribution in [3.63, 3.8) is 0 Å². The molecule has 0 spiro atoms. The molecule has 1 aromatic rings. The smallest absolute Gasteiger partial charge is 0.330 e. The van der Waals surface area contributed by atoms with Crippen LogP contribution in [0.15, 0.2) is 24.3 Å². The van der Waals surface area contributed by atoms with Crippen molar-refractivity contribution >= 4 is 11.8 Å². The van der Waals surface area contributed by atoms with E-state index in [-0.39, 0.29) is 42.5 Å².